The zero-order valence-corrected chi connectivity index (χ0v) is 19.2. The van der Waals surface area contributed by atoms with Crippen molar-refractivity contribution >= 4 is 55.2 Å². The summed E-state index contributed by atoms with van der Waals surface area (Å²) in [5.74, 6) is 0.945. The normalized spacial score (nSPS) is 12.6. The highest BCUT2D eigenvalue weighted by molar-refractivity contribution is 6.32. The summed E-state index contributed by atoms with van der Waals surface area (Å²) in [7, 11) is 0. The Hall–Kier alpha value is -4.63. The molecular formula is C32H21N3. The van der Waals surface area contributed by atoms with Gasteiger partial charge in [0.25, 0.3) is 0 Å². The van der Waals surface area contributed by atoms with E-state index in [9.17, 15) is 0 Å². The molecule has 35 heavy (non-hydrogen) atoms. The van der Waals surface area contributed by atoms with Gasteiger partial charge >= 0.3 is 0 Å². The lowest BCUT2D eigenvalue weighted by Crippen LogP contribution is -2.00. The van der Waals surface area contributed by atoms with Crippen molar-refractivity contribution in [2.45, 2.75) is 6.92 Å². The molecule has 0 N–H and O–H groups in total. The molecule has 0 unspecified atom stereocenters. The van der Waals surface area contributed by atoms with Gasteiger partial charge in [-0.3, -0.25) is 4.57 Å². The topological polar surface area (TPSA) is 22.2 Å². The van der Waals surface area contributed by atoms with E-state index in [4.69, 9.17) is 4.98 Å². The molecule has 0 aliphatic heterocycles. The van der Waals surface area contributed by atoms with Crippen LogP contribution in [0.3, 0.4) is 0 Å². The summed E-state index contributed by atoms with van der Waals surface area (Å²) < 4.78 is 4.78. The van der Waals surface area contributed by atoms with Crippen molar-refractivity contribution in [2.24, 2.45) is 0 Å². The van der Waals surface area contributed by atoms with Crippen LogP contribution in [0.5, 0.6) is 0 Å². The Bertz CT molecular complexity index is 2050. The maximum atomic E-state index is 5.19. The molecule has 3 nitrogen and oxygen atoms in total. The van der Waals surface area contributed by atoms with Gasteiger partial charge in [-0.15, -0.1) is 0 Å². The van der Waals surface area contributed by atoms with Crippen molar-refractivity contribution in [3.05, 3.63) is 109 Å². The first-order valence-corrected chi connectivity index (χ1v) is 12.0. The third kappa shape index (κ3) is 2.37. The van der Waals surface area contributed by atoms with Gasteiger partial charge < -0.3 is 4.40 Å². The zero-order valence-electron chi connectivity index (χ0n) is 19.2. The standard InChI is InChI=1S/C32H21N3/c1-2-9-20-18-24(21-10-4-3-5-11-21)33-29(19-20)34-26-14-8-15-27-30(26)31-28(34)17-16-23-22-12-6-7-13-25(22)35(27)32(23)31/h2-19H,1H3/b9-2+. The third-order valence-corrected chi connectivity index (χ3v) is 7.30. The van der Waals surface area contributed by atoms with Crippen LogP contribution in [-0.2, 0) is 0 Å². The summed E-state index contributed by atoms with van der Waals surface area (Å²) >= 11 is 0. The van der Waals surface area contributed by atoms with E-state index in [-0.39, 0.29) is 0 Å². The van der Waals surface area contributed by atoms with Crippen LogP contribution in [0.1, 0.15) is 12.5 Å². The van der Waals surface area contributed by atoms with Crippen molar-refractivity contribution in [2.75, 3.05) is 0 Å². The maximum absolute atomic E-state index is 5.19. The maximum Gasteiger partial charge on any atom is 0.138 e. The van der Waals surface area contributed by atoms with Crippen molar-refractivity contribution in [1.29, 1.82) is 0 Å². The van der Waals surface area contributed by atoms with E-state index in [1.165, 1.54) is 49.1 Å². The van der Waals surface area contributed by atoms with Crippen LogP contribution in [0, 0.1) is 0 Å². The quantitative estimate of drug-likeness (QED) is 0.267. The average molecular weight is 448 g/mol. The highest BCUT2D eigenvalue weighted by Crippen LogP contribution is 2.45. The first-order chi connectivity index (χ1) is 17.3. The molecule has 0 spiro atoms. The van der Waals surface area contributed by atoms with E-state index >= 15 is 0 Å². The van der Waals surface area contributed by atoms with Gasteiger partial charge in [-0.1, -0.05) is 72.8 Å². The van der Waals surface area contributed by atoms with Crippen LogP contribution in [0.4, 0.5) is 0 Å². The summed E-state index contributed by atoms with van der Waals surface area (Å²) in [6.45, 7) is 2.06. The van der Waals surface area contributed by atoms with Gasteiger partial charge in [-0.05, 0) is 48.9 Å². The number of nitrogens with zero attached hydrogens (tertiary/aromatic N) is 3. The van der Waals surface area contributed by atoms with Gasteiger partial charge in [0.2, 0.25) is 0 Å². The molecule has 0 saturated heterocycles. The summed E-state index contributed by atoms with van der Waals surface area (Å²) in [6, 6.07) is 34.7. The average Bonchev–Trinajstić information content (AvgIpc) is 3.54. The Kier molecular flexibility index (Phi) is 3.59. The molecule has 0 radical (unpaired) electrons. The molecular weight excluding hydrogens is 426 g/mol. The van der Waals surface area contributed by atoms with Gasteiger partial charge in [0.05, 0.1) is 33.3 Å². The van der Waals surface area contributed by atoms with Crippen LogP contribution in [-0.4, -0.2) is 14.0 Å². The lowest BCUT2D eigenvalue weighted by atomic mass is 10.1. The Morgan fingerprint density at radius 2 is 1.43 bits per heavy atom. The lowest BCUT2D eigenvalue weighted by Gasteiger charge is -2.12. The van der Waals surface area contributed by atoms with Crippen LogP contribution < -0.4 is 0 Å². The van der Waals surface area contributed by atoms with Crippen LogP contribution in [0.15, 0.2) is 103 Å². The van der Waals surface area contributed by atoms with Gasteiger partial charge in [-0.2, -0.15) is 0 Å². The number of hydrogen-bond acceptors (Lipinski definition) is 1. The van der Waals surface area contributed by atoms with E-state index in [1.54, 1.807) is 0 Å². The second kappa shape index (κ2) is 6.71. The van der Waals surface area contributed by atoms with E-state index in [0.29, 0.717) is 0 Å². The highest BCUT2D eigenvalue weighted by Gasteiger charge is 2.25. The van der Waals surface area contributed by atoms with Crippen molar-refractivity contribution in [1.82, 2.24) is 14.0 Å². The largest absolute Gasteiger partial charge is 0.308 e. The van der Waals surface area contributed by atoms with Gasteiger partial charge in [0.15, 0.2) is 0 Å². The Labute approximate surface area is 201 Å². The smallest absolute Gasteiger partial charge is 0.138 e. The number of para-hydroxylation sites is 1. The second-order valence-electron chi connectivity index (χ2n) is 9.23. The predicted molar refractivity (Wildman–Crippen MR) is 147 cm³/mol. The summed E-state index contributed by atoms with van der Waals surface area (Å²) in [5.41, 5.74) is 9.48. The minimum Gasteiger partial charge on any atom is -0.308 e. The minimum absolute atomic E-state index is 0.945. The van der Waals surface area contributed by atoms with Crippen molar-refractivity contribution in [3.8, 4) is 17.1 Å². The van der Waals surface area contributed by atoms with Crippen LogP contribution >= 0.6 is 0 Å². The summed E-state index contributed by atoms with van der Waals surface area (Å²) in [6.07, 6.45) is 4.24. The fraction of sp³-hybridized carbons (Fsp3) is 0.0312. The first kappa shape index (κ1) is 18.8. The number of fused-ring (bicyclic) bond motifs is 4. The molecule has 0 fully saturated rings. The number of allylic oxidation sites excluding steroid dienone is 1. The second-order valence-corrected chi connectivity index (χ2v) is 9.23. The van der Waals surface area contributed by atoms with E-state index in [2.05, 4.69) is 119 Å². The molecule has 0 atom stereocenters. The Balaban J connectivity index is 1.53. The fourth-order valence-corrected chi connectivity index (χ4v) is 5.96. The first-order valence-electron chi connectivity index (χ1n) is 12.0. The molecule has 0 saturated carbocycles. The van der Waals surface area contributed by atoms with E-state index in [0.717, 1.165) is 22.6 Å². The van der Waals surface area contributed by atoms with Gasteiger partial charge in [0.1, 0.15) is 5.82 Å². The SMILES string of the molecule is C/C=C/c1cc(-c2ccccc2)nc(-n2c3cccc4c3c3c2ccc2c5ccccc5n4c23)c1. The van der Waals surface area contributed by atoms with Crippen molar-refractivity contribution < 1.29 is 0 Å². The summed E-state index contributed by atoms with van der Waals surface area (Å²) in [5, 5.41) is 5.25. The van der Waals surface area contributed by atoms with Gasteiger partial charge in [-0.25, -0.2) is 4.98 Å². The lowest BCUT2D eigenvalue weighted by molar-refractivity contribution is 1.08. The molecule has 0 bridgehead atoms. The highest BCUT2D eigenvalue weighted by atomic mass is 15.1. The van der Waals surface area contributed by atoms with Crippen LogP contribution in [0.25, 0.3) is 72.3 Å². The zero-order chi connectivity index (χ0) is 23.1. The number of benzene rings is 4. The molecule has 4 heterocycles. The van der Waals surface area contributed by atoms with Gasteiger partial charge in [0, 0.05) is 27.1 Å². The Morgan fingerprint density at radius 3 is 2.31 bits per heavy atom. The molecule has 164 valence electrons. The number of rotatable bonds is 3. The van der Waals surface area contributed by atoms with Crippen molar-refractivity contribution in [3.63, 3.8) is 0 Å². The van der Waals surface area contributed by atoms with E-state index in [1.807, 2.05) is 6.07 Å². The number of hydrogen-bond donors (Lipinski definition) is 0. The number of pyridine rings is 1. The predicted octanol–water partition coefficient (Wildman–Crippen LogP) is 8.31. The molecule has 8 rings (SSSR count). The molecule has 4 aromatic heterocycles. The molecule has 8 aromatic rings. The number of aromatic nitrogens is 3. The fourth-order valence-electron chi connectivity index (χ4n) is 5.96. The Morgan fingerprint density at radius 1 is 0.657 bits per heavy atom. The molecule has 0 amide bonds. The third-order valence-electron chi connectivity index (χ3n) is 7.30. The molecule has 0 aliphatic carbocycles. The van der Waals surface area contributed by atoms with E-state index < -0.39 is 0 Å². The molecule has 3 heteroatoms. The molecule has 0 aliphatic rings. The van der Waals surface area contributed by atoms with Crippen LogP contribution in [0.2, 0.25) is 0 Å². The molecule has 4 aromatic carbocycles. The minimum atomic E-state index is 0.945. The summed E-state index contributed by atoms with van der Waals surface area (Å²) in [4.78, 5) is 5.19. The monoisotopic (exact) mass is 447 g/mol.